The van der Waals surface area contributed by atoms with Crippen LogP contribution in [0.4, 0.5) is 0 Å². The van der Waals surface area contributed by atoms with E-state index in [1.165, 1.54) is 0 Å². The van der Waals surface area contributed by atoms with Gasteiger partial charge in [0.1, 0.15) is 19.3 Å². The van der Waals surface area contributed by atoms with Gasteiger partial charge in [0.15, 0.2) is 12.2 Å². The topological polar surface area (TPSA) is 135 Å². The average molecular weight is 348 g/mol. The summed E-state index contributed by atoms with van der Waals surface area (Å²) in [7, 11) is 0. The lowest BCUT2D eigenvalue weighted by Gasteiger charge is -2.28. The van der Waals surface area contributed by atoms with Crippen molar-refractivity contribution in [3.8, 4) is 0 Å². The molecule has 0 radical (unpaired) electrons. The van der Waals surface area contributed by atoms with Gasteiger partial charge in [0.2, 0.25) is 5.79 Å². The second kappa shape index (κ2) is 8.06. The summed E-state index contributed by atoms with van der Waals surface area (Å²) in [5.74, 6) is -5.11. The van der Waals surface area contributed by atoms with Gasteiger partial charge in [-0.3, -0.25) is 19.2 Å². The highest BCUT2D eigenvalue weighted by Gasteiger charge is 2.59. The minimum Gasteiger partial charge on any atom is -0.463 e. The molecule has 1 rings (SSSR count). The first-order valence-corrected chi connectivity index (χ1v) is 7.06. The van der Waals surface area contributed by atoms with Gasteiger partial charge in [-0.05, 0) is 0 Å². The Balaban J connectivity index is 3.07. The maximum atomic E-state index is 11.3. The summed E-state index contributed by atoms with van der Waals surface area (Å²) in [5.41, 5.74) is 0. The van der Waals surface area contributed by atoms with Crippen LogP contribution < -0.4 is 0 Å². The Labute approximate surface area is 137 Å². The predicted octanol–water partition coefficient (Wildman–Crippen LogP) is -0.937. The van der Waals surface area contributed by atoms with E-state index in [-0.39, 0.29) is 6.61 Å². The zero-order valence-electron chi connectivity index (χ0n) is 13.8. The van der Waals surface area contributed by atoms with Crippen LogP contribution in [0.1, 0.15) is 27.7 Å². The van der Waals surface area contributed by atoms with Crippen LogP contribution in [-0.4, -0.2) is 66.3 Å². The number of carbonyl (C=O) groups is 4. The molecule has 0 saturated carbocycles. The molecule has 1 saturated heterocycles. The first-order valence-electron chi connectivity index (χ1n) is 7.06. The molecule has 0 amide bonds. The van der Waals surface area contributed by atoms with Crippen LogP contribution in [0.5, 0.6) is 0 Å². The summed E-state index contributed by atoms with van der Waals surface area (Å²) >= 11 is 0. The van der Waals surface area contributed by atoms with Gasteiger partial charge < -0.3 is 28.8 Å². The molecule has 0 aromatic heterocycles. The molecule has 0 aliphatic carbocycles. The van der Waals surface area contributed by atoms with Crippen molar-refractivity contribution in [1.82, 2.24) is 0 Å². The molecular formula is C14H20O10. The van der Waals surface area contributed by atoms with E-state index in [9.17, 15) is 24.3 Å². The van der Waals surface area contributed by atoms with Crippen molar-refractivity contribution in [3.63, 3.8) is 0 Å². The average Bonchev–Trinajstić information content (AvgIpc) is 2.68. The van der Waals surface area contributed by atoms with Crippen LogP contribution >= 0.6 is 0 Å². The highest BCUT2D eigenvalue weighted by atomic mass is 16.7. The van der Waals surface area contributed by atoms with Gasteiger partial charge in [-0.1, -0.05) is 0 Å². The van der Waals surface area contributed by atoms with Crippen molar-refractivity contribution in [3.05, 3.63) is 0 Å². The fourth-order valence-corrected chi connectivity index (χ4v) is 2.16. The van der Waals surface area contributed by atoms with Crippen molar-refractivity contribution >= 4 is 23.9 Å². The molecule has 1 fully saturated rings. The van der Waals surface area contributed by atoms with Gasteiger partial charge in [0.05, 0.1) is 0 Å². The van der Waals surface area contributed by atoms with Crippen LogP contribution in [-0.2, 0) is 42.9 Å². The summed E-state index contributed by atoms with van der Waals surface area (Å²) in [4.78, 5) is 44.5. The predicted molar refractivity (Wildman–Crippen MR) is 74.2 cm³/mol. The molecule has 1 aliphatic heterocycles. The Morgan fingerprint density at radius 2 is 1.46 bits per heavy atom. The third kappa shape index (κ3) is 5.46. The van der Waals surface area contributed by atoms with E-state index < -0.39 is 54.6 Å². The van der Waals surface area contributed by atoms with Crippen LogP contribution in [0.3, 0.4) is 0 Å². The molecule has 136 valence electrons. The molecule has 10 nitrogen and oxygen atoms in total. The molecule has 1 aliphatic rings. The Hall–Kier alpha value is -2.20. The minimum absolute atomic E-state index is 0.368. The zero-order valence-corrected chi connectivity index (χ0v) is 13.8. The number of hydrogen-bond acceptors (Lipinski definition) is 10. The molecular weight excluding hydrogens is 328 g/mol. The van der Waals surface area contributed by atoms with Crippen LogP contribution in [0.2, 0.25) is 0 Å². The lowest BCUT2D eigenvalue weighted by molar-refractivity contribution is -0.257. The fourth-order valence-electron chi connectivity index (χ4n) is 2.16. The number of rotatable bonds is 6. The van der Waals surface area contributed by atoms with E-state index in [0.717, 1.165) is 27.7 Å². The number of carbonyl (C=O) groups excluding carboxylic acids is 4. The summed E-state index contributed by atoms with van der Waals surface area (Å²) in [5, 5.41) is 10.6. The molecule has 4 atom stereocenters. The van der Waals surface area contributed by atoms with Gasteiger partial charge in [-0.25, -0.2) is 0 Å². The summed E-state index contributed by atoms with van der Waals surface area (Å²) in [6.45, 7) is 3.42. The van der Waals surface area contributed by atoms with Gasteiger partial charge in [0.25, 0.3) is 0 Å². The van der Waals surface area contributed by atoms with E-state index in [4.69, 9.17) is 23.7 Å². The monoisotopic (exact) mass is 348 g/mol. The smallest absolute Gasteiger partial charge is 0.303 e. The molecule has 10 heteroatoms. The first kappa shape index (κ1) is 19.8. The Morgan fingerprint density at radius 3 is 1.92 bits per heavy atom. The fraction of sp³-hybridized carbons (Fsp3) is 0.714. The summed E-state index contributed by atoms with van der Waals surface area (Å²) in [6.07, 6.45) is -3.85. The van der Waals surface area contributed by atoms with Gasteiger partial charge in [0, 0.05) is 27.7 Å². The van der Waals surface area contributed by atoms with Crippen LogP contribution in [0.25, 0.3) is 0 Å². The van der Waals surface area contributed by atoms with E-state index >= 15 is 0 Å². The zero-order chi connectivity index (χ0) is 18.5. The van der Waals surface area contributed by atoms with Crippen molar-refractivity contribution in [1.29, 1.82) is 0 Å². The van der Waals surface area contributed by atoms with E-state index in [1.807, 2.05) is 0 Å². The van der Waals surface area contributed by atoms with Crippen LogP contribution in [0, 0.1) is 0 Å². The number of esters is 4. The second-order valence-corrected chi connectivity index (χ2v) is 5.19. The molecule has 0 spiro atoms. The summed E-state index contributed by atoms with van der Waals surface area (Å²) < 4.78 is 24.9. The van der Waals surface area contributed by atoms with Crippen molar-refractivity contribution in [2.45, 2.75) is 51.8 Å². The normalized spacial score (nSPS) is 28.8. The van der Waals surface area contributed by atoms with Crippen molar-refractivity contribution < 1.29 is 48.0 Å². The molecule has 0 unspecified atom stereocenters. The largest absolute Gasteiger partial charge is 0.463 e. The number of ether oxygens (including phenoxy) is 5. The molecule has 0 aromatic carbocycles. The first-order chi connectivity index (χ1) is 11.0. The molecule has 1 N–H and O–H groups in total. The third-order valence-electron chi connectivity index (χ3n) is 2.99. The molecule has 0 bridgehead atoms. The highest BCUT2D eigenvalue weighted by Crippen LogP contribution is 2.34. The minimum atomic E-state index is -2.26. The highest BCUT2D eigenvalue weighted by molar-refractivity contribution is 5.68. The third-order valence-corrected chi connectivity index (χ3v) is 2.99. The quantitative estimate of drug-likeness (QED) is 0.473. The number of aliphatic hydroxyl groups is 1. The van der Waals surface area contributed by atoms with E-state index in [1.54, 1.807) is 0 Å². The SMILES string of the molecule is CC(=O)OC[C@@H]1O[C@](O)(COC(C)=O)[C@H](OC(C)=O)[C@@H]1OC(C)=O. The van der Waals surface area contributed by atoms with Crippen molar-refractivity contribution in [2.24, 2.45) is 0 Å². The summed E-state index contributed by atoms with van der Waals surface area (Å²) in [6, 6.07) is 0. The van der Waals surface area contributed by atoms with Gasteiger partial charge in [-0.15, -0.1) is 0 Å². The molecule has 1 heterocycles. The van der Waals surface area contributed by atoms with Crippen molar-refractivity contribution in [2.75, 3.05) is 13.2 Å². The lowest BCUT2D eigenvalue weighted by atomic mass is 10.1. The van der Waals surface area contributed by atoms with E-state index in [0.29, 0.717) is 0 Å². The number of hydrogen-bond donors (Lipinski definition) is 1. The molecule has 24 heavy (non-hydrogen) atoms. The lowest BCUT2D eigenvalue weighted by Crippen LogP contribution is -2.50. The van der Waals surface area contributed by atoms with E-state index in [2.05, 4.69) is 0 Å². The van der Waals surface area contributed by atoms with Gasteiger partial charge in [-0.2, -0.15) is 0 Å². The van der Waals surface area contributed by atoms with Gasteiger partial charge >= 0.3 is 23.9 Å². The Bertz CT molecular complexity index is 516. The second-order valence-electron chi connectivity index (χ2n) is 5.19. The Morgan fingerprint density at radius 1 is 0.917 bits per heavy atom. The standard InChI is InChI=1S/C14H20O10/c1-7(15)20-5-11-12(22-9(3)17)13(23-10(4)18)14(19,24-11)6-21-8(2)16/h11-13,19H,5-6H2,1-4H3/t11-,12+,13+,14+/m0/s1. The maximum Gasteiger partial charge on any atom is 0.303 e. The van der Waals surface area contributed by atoms with Crippen LogP contribution in [0.15, 0.2) is 0 Å². The Kier molecular flexibility index (Phi) is 6.67. The maximum absolute atomic E-state index is 11.3. The molecule has 0 aromatic rings.